The van der Waals surface area contributed by atoms with Crippen LogP contribution in [0.1, 0.15) is 41.5 Å². The summed E-state index contributed by atoms with van der Waals surface area (Å²) in [6, 6.07) is 39.7. The van der Waals surface area contributed by atoms with Crippen LogP contribution >= 0.6 is 0 Å². The Bertz CT molecular complexity index is 1970. The van der Waals surface area contributed by atoms with E-state index in [1.54, 1.807) is 0 Å². The summed E-state index contributed by atoms with van der Waals surface area (Å²) in [5.41, 5.74) is 3.79. The number of rotatable bonds is 3. The van der Waals surface area contributed by atoms with Gasteiger partial charge in [-0.3, -0.25) is 4.79 Å². The van der Waals surface area contributed by atoms with Crippen LogP contribution in [0.4, 0.5) is 0 Å². The Labute approximate surface area is 274 Å². The smallest absolute Gasteiger partial charge is 0.325 e. The Morgan fingerprint density at radius 3 is 2.02 bits per heavy atom. The van der Waals surface area contributed by atoms with Gasteiger partial charge in [-0.15, -0.1) is 35.4 Å². The van der Waals surface area contributed by atoms with E-state index in [1.165, 1.54) is 44.1 Å². The monoisotopic (exact) mass is 758 g/mol. The first-order valence-corrected chi connectivity index (χ1v) is 14.7. The van der Waals surface area contributed by atoms with Crippen LogP contribution in [0, 0.1) is 16.9 Å². The van der Waals surface area contributed by atoms with Crippen molar-refractivity contribution < 1.29 is 30.0 Å². The van der Waals surface area contributed by atoms with E-state index in [4.69, 9.17) is 4.98 Å². The Hall–Kier alpha value is -4.11. The number of allylic oxidation sites excluding steroid dienone is 2. The number of aliphatic hydroxyl groups excluding tert-OH is 1. The van der Waals surface area contributed by atoms with Gasteiger partial charge >= 0.3 is 5.78 Å². The van der Waals surface area contributed by atoms with Crippen LogP contribution in [0.5, 0.6) is 0 Å². The van der Waals surface area contributed by atoms with Crippen LogP contribution in [0.3, 0.4) is 0 Å². The minimum Gasteiger partial charge on any atom is -0.511 e. The van der Waals surface area contributed by atoms with Crippen LogP contribution < -0.4 is 0 Å². The average Bonchev–Trinajstić information content (AvgIpc) is 3.00. The molecule has 0 unspecified atom stereocenters. The van der Waals surface area contributed by atoms with Crippen molar-refractivity contribution >= 4 is 38.1 Å². The van der Waals surface area contributed by atoms with Crippen molar-refractivity contribution in [2.24, 2.45) is 10.8 Å². The van der Waals surface area contributed by atoms with E-state index in [-0.39, 0.29) is 42.5 Å². The normalized spacial score (nSPS) is 12.0. The topological polar surface area (TPSA) is 54.5 Å². The predicted molar refractivity (Wildman–Crippen MR) is 183 cm³/mol. The molecule has 1 radical (unpaired) electrons. The summed E-state index contributed by atoms with van der Waals surface area (Å²) in [6.07, 6.45) is 3.35. The third kappa shape index (κ3) is 7.16. The first kappa shape index (κ1) is 32.8. The zero-order valence-electron chi connectivity index (χ0n) is 26.1. The van der Waals surface area contributed by atoms with E-state index in [2.05, 4.69) is 103 Å². The van der Waals surface area contributed by atoms with E-state index >= 15 is 0 Å². The van der Waals surface area contributed by atoms with Gasteiger partial charge in [-0.05, 0) is 70.4 Å². The molecule has 0 atom stereocenters. The van der Waals surface area contributed by atoms with Crippen molar-refractivity contribution in [3.63, 3.8) is 0 Å². The number of nitrogens with zero attached hydrogens (tertiary/aromatic N) is 1. The molecule has 0 saturated heterocycles. The number of hydrogen-bond donors (Lipinski definition) is 1. The van der Waals surface area contributed by atoms with Crippen molar-refractivity contribution in [1.82, 2.24) is 4.98 Å². The van der Waals surface area contributed by atoms with Crippen LogP contribution in [0.2, 0.25) is 0 Å². The van der Waals surface area contributed by atoms with Gasteiger partial charge in [-0.25, -0.2) is 0 Å². The molecule has 1 aromatic heterocycles. The first-order valence-electron chi connectivity index (χ1n) is 14.7. The maximum atomic E-state index is 9.60. The molecule has 0 aliphatic rings. The van der Waals surface area contributed by atoms with Gasteiger partial charge in [0.1, 0.15) is 5.76 Å². The summed E-state index contributed by atoms with van der Waals surface area (Å²) >= 11 is 0. The molecule has 3 nitrogen and oxygen atoms in total. The Balaban J connectivity index is 0.000000271. The van der Waals surface area contributed by atoms with Gasteiger partial charge in [0.15, 0.2) is 0 Å². The molecule has 4 heteroatoms. The quantitative estimate of drug-likeness (QED) is 0.0643. The van der Waals surface area contributed by atoms with Crippen molar-refractivity contribution in [2.45, 2.75) is 41.5 Å². The Kier molecular flexibility index (Phi) is 9.88. The molecule has 6 rings (SSSR count). The van der Waals surface area contributed by atoms with Crippen LogP contribution in [-0.4, -0.2) is 20.7 Å². The molecule has 0 saturated carbocycles. The third-order valence-corrected chi connectivity index (χ3v) is 7.64. The predicted octanol–water partition coefficient (Wildman–Crippen LogP) is 10.7. The summed E-state index contributed by atoms with van der Waals surface area (Å²) in [5.74, 6) is 0.417. The number of benzene rings is 5. The number of aliphatic hydroxyl groups is 1. The van der Waals surface area contributed by atoms with Crippen LogP contribution in [0.15, 0.2) is 121 Å². The fourth-order valence-electron chi connectivity index (χ4n) is 4.96. The standard InChI is InChI=1S/C29H18N.C11H20O2.Ir/c1-3-12-24-20(7-1)9-6-14-26(24)22-10-5-11-23(19-22)29-28-16-15-21-8-2-4-13-25(21)27(28)17-18-30-29;1-10(2,3)8(12)7-9(13)11(4,5)6;/h1-10,12-19H;7,12H,1-6H3;/q-1;;/p+1/b;8-7-;. The van der Waals surface area contributed by atoms with Gasteiger partial charge in [0.25, 0.3) is 0 Å². The molecule has 0 bridgehead atoms. The number of pyridine rings is 1. The summed E-state index contributed by atoms with van der Waals surface area (Å²) < 4.78 is 0. The molecule has 0 aliphatic heterocycles. The zero-order chi connectivity index (χ0) is 30.8. The third-order valence-electron chi connectivity index (χ3n) is 7.64. The molecule has 5 aromatic carbocycles. The molecule has 44 heavy (non-hydrogen) atoms. The number of carbonyl (C=O) groups excluding carboxylic acids is 1. The van der Waals surface area contributed by atoms with E-state index in [1.807, 2.05) is 53.8 Å². The second kappa shape index (κ2) is 13.3. The molecular weight excluding hydrogens is 719 g/mol. The second-order valence-electron chi connectivity index (χ2n) is 13.0. The van der Waals surface area contributed by atoms with E-state index in [0.717, 1.165) is 16.6 Å². The minimum absolute atomic E-state index is 0. The zero-order valence-corrected chi connectivity index (χ0v) is 28.5. The maximum absolute atomic E-state index is 9.60. The summed E-state index contributed by atoms with van der Waals surface area (Å²) in [6.45, 7) is 11.4. The summed E-state index contributed by atoms with van der Waals surface area (Å²) in [5, 5.41) is 17.0. The largest absolute Gasteiger partial charge is 0.511 e. The molecule has 0 spiro atoms. The maximum Gasteiger partial charge on any atom is 0.325 e. The van der Waals surface area contributed by atoms with Gasteiger partial charge in [0.05, 0.1) is 11.5 Å². The molecule has 2 N–H and O–H groups in total. The summed E-state index contributed by atoms with van der Waals surface area (Å²) in [7, 11) is 0. The van der Waals surface area contributed by atoms with Crippen molar-refractivity contribution in [3.8, 4) is 22.4 Å². The fraction of sp³-hybridized carbons (Fsp3) is 0.200. The van der Waals surface area contributed by atoms with Gasteiger partial charge in [-0.2, -0.15) is 0 Å². The molecule has 225 valence electrons. The first-order chi connectivity index (χ1) is 20.4. The van der Waals surface area contributed by atoms with Crippen molar-refractivity contribution in [2.75, 3.05) is 0 Å². The molecule has 0 fully saturated rings. The van der Waals surface area contributed by atoms with E-state index in [0.29, 0.717) is 0 Å². The van der Waals surface area contributed by atoms with E-state index in [9.17, 15) is 9.90 Å². The molecule has 1 heterocycles. The number of fused-ring (bicyclic) bond motifs is 4. The van der Waals surface area contributed by atoms with Gasteiger partial charge in [-0.1, -0.05) is 99.6 Å². The van der Waals surface area contributed by atoms with Crippen LogP contribution in [0.25, 0.3) is 54.7 Å². The molecule has 6 aromatic rings. The molecule has 0 aliphatic carbocycles. The van der Waals surface area contributed by atoms with Gasteiger partial charge in [0, 0.05) is 31.7 Å². The Morgan fingerprint density at radius 2 is 1.34 bits per heavy atom. The van der Waals surface area contributed by atoms with E-state index < -0.39 is 0 Å². The average molecular weight is 758 g/mol. The van der Waals surface area contributed by atoms with Gasteiger partial charge in [0.2, 0.25) is 0 Å². The minimum atomic E-state index is -0.306. The van der Waals surface area contributed by atoms with Crippen molar-refractivity contribution in [3.05, 3.63) is 127 Å². The number of aromatic nitrogens is 1. The van der Waals surface area contributed by atoms with Crippen LogP contribution in [-0.2, 0) is 20.1 Å². The Morgan fingerprint density at radius 1 is 0.705 bits per heavy atom. The second-order valence-corrected chi connectivity index (χ2v) is 13.0. The van der Waals surface area contributed by atoms with Crippen molar-refractivity contribution in [1.29, 1.82) is 0 Å². The van der Waals surface area contributed by atoms with Gasteiger partial charge < -0.3 is 10.1 Å². The summed E-state index contributed by atoms with van der Waals surface area (Å²) in [4.78, 5) is 14.3. The number of hydrogen-bond acceptors (Lipinski definition) is 2. The number of ketones is 1. The molecule has 0 amide bonds. The fourth-order valence-corrected chi connectivity index (χ4v) is 4.96. The molecular formula is C40H39IrNO2. The SMILES string of the molecule is CC(C)(C)C(=[OH+])/C=C(\O)C(C)(C)C.[Ir].[c-]1ccc(-c2cccc3ccccc23)cc1-c1nccc2c1ccc1ccccc12.